The Morgan fingerprint density at radius 2 is 2.13 bits per heavy atom. The van der Waals surface area contributed by atoms with Gasteiger partial charge in [-0.2, -0.15) is 0 Å². The van der Waals surface area contributed by atoms with Crippen LogP contribution in [-0.2, 0) is 15.6 Å². The maximum atomic E-state index is 6.79. The summed E-state index contributed by atoms with van der Waals surface area (Å²) < 4.78 is 17.7. The van der Waals surface area contributed by atoms with E-state index in [9.17, 15) is 0 Å². The first-order valence-electron chi connectivity index (χ1n) is 8.68. The topological polar surface area (TPSA) is 31.6 Å². The molecule has 0 aliphatic heterocycles. The molecule has 0 saturated carbocycles. The van der Waals surface area contributed by atoms with Gasteiger partial charge in [-0.3, -0.25) is 0 Å². The van der Waals surface area contributed by atoms with Crippen molar-refractivity contribution in [3.8, 4) is 0 Å². The summed E-state index contributed by atoms with van der Waals surface area (Å²) in [5, 5.41) is 0.205. The average molecular weight is 337 g/mol. The number of hydrogen-bond acceptors (Lipinski definition) is 3. The molecule has 1 aliphatic carbocycles. The molecule has 130 valence electrons. The molecule has 0 aromatic carbocycles. The first kappa shape index (κ1) is 18.3. The van der Waals surface area contributed by atoms with Gasteiger partial charge in [0.2, 0.25) is 0 Å². The normalized spacial score (nSPS) is 20.5. The summed E-state index contributed by atoms with van der Waals surface area (Å²) in [6.45, 7) is 11.5. The molecule has 3 nitrogen and oxygen atoms in total. The predicted octanol–water partition coefficient (Wildman–Crippen LogP) is 5.64. The van der Waals surface area contributed by atoms with Gasteiger partial charge in [0.05, 0.1) is 25.7 Å². The molecule has 2 rings (SSSR count). The van der Waals surface area contributed by atoms with E-state index < -0.39 is 8.32 Å². The van der Waals surface area contributed by atoms with Gasteiger partial charge in [-0.25, -0.2) is 0 Å². The van der Waals surface area contributed by atoms with Gasteiger partial charge in [-0.15, -0.1) is 0 Å². The minimum Gasteiger partial charge on any atom is -0.505 e. The second-order valence-corrected chi connectivity index (χ2v) is 12.8. The predicted molar refractivity (Wildman–Crippen MR) is 97.2 cm³/mol. The smallest absolute Gasteiger partial charge is 0.192 e. The average Bonchev–Trinajstić information content (AvgIpc) is 2.93. The van der Waals surface area contributed by atoms with Gasteiger partial charge in [0, 0.05) is 5.92 Å². The zero-order valence-corrected chi connectivity index (χ0v) is 16.5. The second kappa shape index (κ2) is 7.26. The largest absolute Gasteiger partial charge is 0.505 e. The molecule has 0 bridgehead atoms. The molecule has 4 heteroatoms. The van der Waals surface area contributed by atoms with Crippen LogP contribution >= 0.6 is 0 Å². The van der Waals surface area contributed by atoms with Crippen molar-refractivity contribution in [3.05, 3.63) is 36.0 Å². The Labute approximate surface area is 142 Å². The van der Waals surface area contributed by atoms with Crippen molar-refractivity contribution in [2.24, 2.45) is 0 Å². The molecule has 1 aliphatic rings. The summed E-state index contributed by atoms with van der Waals surface area (Å²) in [6.07, 6.45) is 10.2. The number of hydrogen-bond donors (Lipinski definition) is 0. The highest BCUT2D eigenvalue weighted by Gasteiger charge is 2.42. The molecular formula is C19H32O3Si. The molecule has 0 spiro atoms. The van der Waals surface area contributed by atoms with E-state index in [0.717, 1.165) is 25.0 Å². The first-order valence-corrected chi connectivity index (χ1v) is 11.6. The molecule has 0 N–H and O–H groups in total. The van der Waals surface area contributed by atoms with Crippen LogP contribution in [0.3, 0.4) is 0 Å². The Balaban J connectivity index is 2.24. The lowest BCUT2D eigenvalue weighted by atomic mass is 9.84. The molecule has 1 aromatic rings. The lowest BCUT2D eigenvalue weighted by molar-refractivity contribution is 0.132. The van der Waals surface area contributed by atoms with Crippen molar-refractivity contribution in [2.75, 3.05) is 7.11 Å². The third kappa shape index (κ3) is 4.30. The van der Waals surface area contributed by atoms with Crippen LogP contribution in [0.5, 0.6) is 0 Å². The second-order valence-electron chi connectivity index (χ2n) is 8.07. The van der Waals surface area contributed by atoms with Crippen molar-refractivity contribution in [1.29, 1.82) is 0 Å². The Kier molecular flexibility index (Phi) is 5.79. The summed E-state index contributed by atoms with van der Waals surface area (Å²) >= 11 is 0. The SMILES string of the molecule is COC=CCC(O[Si](C)(C)C(C)(C)C)C1CCCc2ccoc21. The fourth-order valence-corrected chi connectivity index (χ4v) is 4.38. The fraction of sp³-hybridized carbons (Fsp3) is 0.684. The van der Waals surface area contributed by atoms with Gasteiger partial charge >= 0.3 is 0 Å². The molecule has 0 saturated heterocycles. The number of furan rings is 1. The number of rotatable bonds is 6. The van der Waals surface area contributed by atoms with E-state index in [-0.39, 0.29) is 11.1 Å². The Bertz CT molecular complexity index is 525. The highest BCUT2D eigenvalue weighted by Crippen LogP contribution is 2.43. The fourth-order valence-electron chi connectivity index (χ4n) is 3.01. The molecule has 1 aromatic heterocycles. The molecule has 0 radical (unpaired) electrons. The highest BCUT2D eigenvalue weighted by atomic mass is 28.4. The van der Waals surface area contributed by atoms with E-state index in [1.807, 2.05) is 6.26 Å². The lowest BCUT2D eigenvalue weighted by Crippen LogP contribution is -2.45. The van der Waals surface area contributed by atoms with Gasteiger partial charge in [0.1, 0.15) is 5.76 Å². The van der Waals surface area contributed by atoms with Gasteiger partial charge in [0.15, 0.2) is 8.32 Å². The van der Waals surface area contributed by atoms with E-state index in [1.165, 1.54) is 12.0 Å². The molecule has 0 amide bonds. The minimum absolute atomic E-state index is 0.160. The van der Waals surface area contributed by atoms with Crippen molar-refractivity contribution >= 4 is 8.32 Å². The van der Waals surface area contributed by atoms with Crippen LogP contribution in [-0.4, -0.2) is 21.5 Å². The number of fused-ring (bicyclic) bond motifs is 1. The van der Waals surface area contributed by atoms with Gasteiger partial charge < -0.3 is 13.6 Å². The molecular weight excluding hydrogens is 304 g/mol. The quantitative estimate of drug-likeness (QED) is 0.497. The zero-order chi connectivity index (χ0) is 17.1. The van der Waals surface area contributed by atoms with Crippen LogP contribution in [0.25, 0.3) is 0 Å². The molecule has 23 heavy (non-hydrogen) atoms. The standard InChI is InChI=1S/C19H32O3Si/c1-19(2,3)23(5,6)22-17(11-8-13-20-4)16-10-7-9-15-12-14-21-18(15)16/h8,12-14,16-17H,7,9-11H2,1-6H3. The van der Waals surface area contributed by atoms with E-state index in [1.54, 1.807) is 13.4 Å². The monoisotopic (exact) mass is 336 g/mol. The van der Waals surface area contributed by atoms with Crippen LogP contribution in [0, 0.1) is 0 Å². The van der Waals surface area contributed by atoms with Crippen molar-refractivity contribution in [2.45, 2.75) is 76.6 Å². The van der Waals surface area contributed by atoms with Gasteiger partial charge in [0.25, 0.3) is 0 Å². The molecule has 2 unspecified atom stereocenters. The van der Waals surface area contributed by atoms with Crippen LogP contribution < -0.4 is 0 Å². The van der Waals surface area contributed by atoms with Crippen molar-refractivity contribution in [1.82, 2.24) is 0 Å². The van der Waals surface area contributed by atoms with Crippen molar-refractivity contribution in [3.63, 3.8) is 0 Å². The number of ether oxygens (including phenoxy) is 1. The highest BCUT2D eigenvalue weighted by molar-refractivity contribution is 6.74. The summed E-state index contributed by atoms with van der Waals surface area (Å²) in [7, 11) is -0.143. The van der Waals surface area contributed by atoms with E-state index in [4.69, 9.17) is 13.6 Å². The van der Waals surface area contributed by atoms with Gasteiger partial charge in [-0.1, -0.05) is 20.8 Å². The minimum atomic E-state index is -1.83. The molecule has 0 fully saturated rings. The van der Waals surface area contributed by atoms with Gasteiger partial charge in [-0.05, 0) is 61.5 Å². The van der Waals surface area contributed by atoms with E-state index in [0.29, 0.717) is 5.92 Å². The number of aryl methyl sites for hydroxylation is 1. The Morgan fingerprint density at radius 1 is 1.39 bits per heavy atom. The molecule has 2 atom stereocenters. The molecule has 1 heterocycles. The summed E-state index contributed by atoms with van der Waals surface area (Å²) in [6, 6.07) is 2.12. The third-order valence-electron chi connectivity index (χ3n) is 5.38. The summed E-state index contributed by atoms with van der Waals surface area (Å²) in [5.74, 6) is 1.50. The zero-order valence-electron chi connectivity index (χ0n) is 15.5. The van der Waals surface area contributed by atoms with Crippen LogP contribution in [0.15, 0.2) is 29.1 Å². The summed E-state index contributed by atoms with van der Waals surface area (Å²) in [4.78, 5) is 0. The maximum absolute atomic E-state index is 6.79. The Morgan fingerprint density at radius 3 is 2.78 bits per heavy atom. The van der Waals surface area contributed by atoms with E-state index >= 15 is 0 Å². The maximum Gasteiger partial charge on any atom is 0.192 e. The summed E-state index contributed by atoms with van der Waals surface area (Å²) in [5.41, 5.74) is 1.36. The van der Waals surface area contributed by atoms with Crippen LogP contribution in [0.4, 0.5) is 0 Å². The Hall–Kier alpha value is -1.00. The number of methoxy groups -OCH3 is 1. The van der Waals surface area contributed by atoms with Crippen molar-refractivity contribution < 1.29 is 13.6 Å². The third-order valence-corrected chi connectivity index (χ3v) is 9.88. The van der Waals surface area contributed by atoms with Crippen LogP contribution in [0.2, 0.25) is 18.1 Å². The van der Waals surface area contributed by atoms with Crippen LogP contribution in [0.1, 0.15) is 57.3 Å². The lowest BCUT2D eigenvalue weighted by Gasteiger charge is -2.41. The van der Waals surface area contributed by atoms with E-state index in [2.05, 4.69) is 46.0 Å². The first-order chi connectivity index (χ1) is 10.8.